The van der Waals surface area contributed by atoms with Crippen LogP contribution < -0.4 is 5.32 Å². The number of rotatable bonds is 6. The molecule has 2 aromatic heterocycles. The highest BCUT2D eigenvalue weighted by Crippen LogP contribution is 2.20. The van der Waals surface area contributed by atoms with Crippen LogP contribution in [0, 0.1) is 20.8 Å². The van der Waals surface area contributed by atoms with Crippen LogP contribution in [0.4, 0.5) is 5.82 Å². The Hall–Kier alpha value is -3.13. The van der Waals surface area contributed by atoms with Crippen molar-refractivity contribution in [2.75, 3.05) is 18.9 Å². The van der Waals surface area contributed by atoms with Gasteiger partial charge in [-0.2, -0.15) is 5.10 Å². The lowest BCUT2D eigenvalue weighted by atomic mass is 10.1. The number of aromatic nitrogens is 3. The van der Waals surface area contributed by atoms with E-state index in [4.69, 9.17) is 16.1 Å². The number of nitrogens with zero attached hydrogens (tertiary/aromatic N) is 4. The van der Waals surface area contributed by atoms with E-state index in [1.54, 1.807) is 31.6 Å². The van der Waals surface area contributed by atoms with Gasteiger partial charge in [-0.05, 0) is 32.4 Å². The third kappa shape index (κ3) is 4.65. The molecule has 0 radical (unpaired) electrons. The molecule has 9 heteroatoms. The normalized spacial score (nSPS) is 10.8. The molecule has 0 spiro atoms. The van der Waals surface area contributed by atoms with E-state index in [2.05, 4.69) is 15.6 Å². The van der Waals surface area contributed by atoms with Crippen LogP contribution in [-0.2, 0) is 11.3 Å². The third-order valence-corrected chi connectivity index (χ3v) is 4.86. The van der Waals surface area contributed by atoms with Crippen LogP contribution in [0.1, 0.15) is 33.1 Å². The molecule has 0 bridgehead atoms. The molecular weight excluding hydrogens is 394 g/mol. The summed E-state index contributed by atoms with van der Waals surface area (Å²) in [5.74, 6) is 0.250. The fraction of sp³-hybridized carbons (Fsp3) is 0.300. The number of halogens is 1. The monoisotopic (exact) mass is 415 g/mol. The Morgan fingerprint density at radius 2 is 1.97 bits per heavy atom. The lowest BCUT2D eigenvalue weighted by Gasteiger charge is -2.16. The molecule has 0 saturated heterocycles. The van der Waals surface area contributed by atoms with Gasteiger partial charge in [-0.1, -0.05) is 35.0 Å². The molecule has 1 aromatic carbocycles. The molecule has 152 valence electrons. The highest BCUT2D eigenvalue weighted by Gasteiger charge is 2.23. The second-order valence-corrected chi connectivity index (χ2v) is 7.23. The summed E-state index contributed by atoms with van der Waals surface area (Å²) in [5, 5.41) is 11.4. The third-order valence-electron chi connectivity index (χ3n) is 4.50. The number of hydrogen-bond acceptors (Lipinski definition) is 5. The molecule has 0 atom stereocenters. The van der Waals surface area contributed by atoms with E-state index in [1.165, 1.54) is 4.90 Å². The Bertz CT molecular complexity index is 1060. The zero-order valence-corrected chi connectivity index (χ0v) is 17.4. The van der Waals surface area contributed by atoms with E-state index in [0.29, 0.717) is 40.1 Å². The number of carbonyl (C=O) groups is 2. The Morgan fingerprint density at radius 1 is 1.24 bits per heavy atom. The van der Waals surface area contributed by atoms with Gasteiger partial charge < -0.3 is 14.7 Å². The van der Waals surface area contributed by atoms with Crippen molar-refractivity contribution in [3.05, 3.63) is 63.6 Å². The highest BCUT2D eigenvalue weighted by atomic mass is 35.5. The van der Waals surface area contributed by atoms with E-state index in [-0.39, 0.29) is 18.4 Å². The van der Waals surface area contributed by atoms with Crippen LogP contribution >= 0.6 is 11.6 Å². The van der Waals surface area contributed by atoms with Crippen molar-refractivity contribution in [1.82, 2.24) is 19.8 Å². The first-order chi connectivity index (χ1) is 13.8. The van der Waals surface area contributed by atoms with Gasteiger partial charge in [0.25, 0.3) is 5.91 Å². The molecular formula is C20H22ClN5O3. The molecule has 0 fully saturated rings. The van der Waals surface area contributed by atoms with Gasteiger partial charge in [0.05, 0.1) is 24.3 Å². The number of carbonyl (C=O) groups excluding carboxylic acids is 2. The van der Waals surface area contributed by atoms with Crippen molar-refractivity contribution in [3.63, 3.8) is 0 Å². The number of likely N-dealkylation sites (N-methyl/N-ethyl adjacent to an activating group) is 1. The average Bonchev–Trinajstić information content (AvgIpc) is 3.18. The molecule has 3 rings (SSSR count). The molecule has 3 aromatic rings. The van der Waals surface area contributed by atoms with Gasteiger partial charge >= 0.3 is 0 Å². The Kier molecular flexibility index (Phi) is 6.03. The molecule has 2 amide bonds. The van der Waals surface area contributed by atoms with Gasteiger partial charge in [-0.25, -0.2) is 0 Å². The van der Waals surface area contributed by atoms with E-state index in [0.717, 1.165) is 5.56 Å². The number of aryl methyl sites for hydroxylation is 2. The summed E-state index contributed by atoms with van der Waals surface area (Å²) < 4.78 is 6.66. The topological polar surface area (TPSA) is 93.3 Å². The van der Waals surface area contributed by atoms with Crippen molar-refractivity contribution in [2.45, 2.75) is 27.3 Å². The molecule has 0 aliphatic carbocycles. The molecule has 0 aliphatic heterocycles. The maximum Gasteiger partial charge on any atom is 0.257 e. The minimum atomic E-state index is -0.368. The number of anilines is 1. The van der Waals surface area contributed by atoms with Crippen molar-refractivity contribution in [1.29, 1.82) is 0 Å². The standard InChI is InChI=1S/C20H22ClN5O3/c1-12-9-17(24-29-12)22-18(27)11-25(4)20(28)19-13(2)23-26(14(19)3)10-15-7-5-6-8-16(15)21/h5-9H,10-11H2,1-4H3,(H,22,24,27). The summed E-state index contributed by atoms with van der Waals surface area (Å²) in [7, 11) is 1.57. The lowest BCUT2D eigenvalue weighted by molar-refractivity contribution is -0.116. The SMILES string of the molecule is Cc1cc(NC(=O)CN(C)C(=O)c2c(C)nn(Cc3ccccc3Cl)c2C)no1. The summed E-state index contributed by atoms with van der Waals surface area (Å²) >= 11 is 6.24. The van der Waals surface area contributed by atoms with Crippen molar-refractivity contribution in [3.8, 4) is 0 Å². The zero-order chi connectivity index (χ0) is 21.1. The minimum absolute atomic E-state index is 0.126. The fourth-order valence-electron chi connectivity index (χ4n) is 3.03. The number of benzene rings is 1. The van der Waals surface area contributed by atoms with Crippen molar-refractivity contribution in [2.24, 2.45) is 0 Å². The average molecular weight is 416 g/mol. The van der Waals surface area contributed by atoms with Crippen LogP contribution in [0.5, 0.6) is 0 Å². The maximum atomic E-state index is 12.9. The van der Waals surface area contributed by atoms with Gasteiger partial charge in [0.15, 0.2) is 5.82 Å². The fourth-order valence-corrected chi connectivity index (χ4v) is 3.23. The van der Waals surface area contributed by atoms with Crippen LogP contribution in [0.15, 0.2) is 34.9 Å². The van der Waals surface area contributed by atoms with Gasteiger partial charge in [-0.15, -0.1) is 0 Å². The summed E-state index contributed by atoms with van der Waals surface area (Å²) in [6.45, 7) is 5.66. The quantitative estimate of drug-likeness (QED) is 0.667. The van der Waals surface area contributed by atoms with Crippen LogP contribution in [0.3, 0.4) is 0 Å². The Balaban J connectivity index is 1.72. The second kappa shape index (κ2) is 8.48. The highest BCUT2D eigenvalue weighted by molar-refractivity contribution is 6.31. The van der Waals surface area contributed by atoms with Crippen molar-refractivity contribution < 1.29 is 14.1 Å². The van der Waals surface area contributed by atoms with Crippen LogP contribution in [0.2, 0.25) is 5.02 Å². The van der Waals surface area contributed by atoms with Gasteiger partial charge in [0.2, 0.25) is 5.91 Å². The van der Waals surface area contributed by atoms with E-state index in [9.17, 15) is 9.59 Å². The van der Waals surface area contributed by atoms with Crippen LogP contribution in [-0.4, -0.2) is 45.2 Å². The predicted octanol–water partition coefficient (Wildman–Crippen LogP) is 3.21. The minimum Gasteiger partial charge on any atom is -0.360 e. The molecule has 1 N–H and O–H groups in total. The summed E-state index contributed by atoms with van der Waals surface area (Å²) in [6.07, 6.45) is 0. The summed E-state index contributed by atoms with van der Waals surface area (Å²) in [4.78, 5) is 26.5. The molecule has 29 heavy (non-hydrogen) atoms. The largest absolute Gasteiger partial charge is 0.360 e. The molecule has 0 aliphatic rings. The Morgan fingerprint density at radius 3 is 2.62 bits per heavy atom. The summed E-state index contributed by atoms with van der Waals surface area (Å²) in [6, 6.07) is 9.11. The molecule has 2 heterocycles. The summed E-state index contributed by atoms with van der Waals surface area (Å²) in [5.41, 5.74) is 2.70. The van der Waals surface area contributed by atoms with Gasteiger partial charge in [-0.3, -0.25) is 14.3 Å². The molecule has 8 nitrogen and oxygen atoms in total. The lowest BCUT2D eigenvalue weighted by Crippen LogP contribution is -2.35. The smallest absolute Gasteiger partial charge is 0.257 e. The number of amides is 2. The maximum absolute atomic E-state index is 12.9. The van der Waals surface area contributed by atoms with E-state index in [1.807, 2.05) is 31.2 Å². The number of hydrogen-bond donors (Lipinski definition) is 1. The van der Waals surface area contributed by atoms with E-state index >= 15 is 0 Å². The second-order valence-electron chi connectivity index (χ2n) is 6.83. The van der Waals surface area contributed by atoms with Gasteiger partial charge in [0, 0.05) is 23.8 Å². The van der Waals surface area contributed by atoms with E-state index < -0.39 is 0 Å². The molecule has 0 saturated carbocycles. The first-order valence-corrected chi connectivity index (χ1v) is 9.40. The zero-order valence-electron chi connectivity index (χ0n) is 16.7. The predicted molar refractivity (Wildman–Crippen MR) is 109 cm³/mol. The van der Waals surface area contributed by atoms with Gasteiger partial charge in [0.1, 0.15) is 5.76 Å². The first-order valence-electron chi connectivity index (χ1n) is 9.02. The number of nitrogens with one attached hydrogen (secondary N) is 1. The van der Waals surface area contributed by atoms with Crippen LogP contribution in [0.25, 0.3) is 0 Å². The van der Waals surface area contributed by atoms with Crippen molar-refractivity contribution >= 4 is 29.2 Å². The first kappa shape index (κ1) is 20.6. The molecule has 0 unspecified atom stereocenters. The Labute approximate surface area is 173 Å².